The summed E-state index contributed by atoms with van der Waals surface area (Å²) < 4.78 is 10.6. The highest BCUT2D eigenvalue weighted by atomic mass is 16.5. The summed E-state index contributed by atoms with van der Waals surface area (Å²) in [6.07, 6.45) is 2.82. The van der Waals surface area contributed by atoms with E-state index in [2.05, 4.69) is 4.90 Å². The molecular weight excluding hydrogens is 234 g/mol. The van der Waals surface area contributed by atoms with Gasteiger partial charge in [-0.05, 0) is 26.2 Å². The van der Waals surface area contributed by atoms with Crippen LogP contribution in [0.4, 0.5) is 0 Å². The molecule has 0 saturated carbocycles. The summed E-state index contributed by atoms with van der Waals surface area (Å²) in [6.45, 7) is 6.46. The maximum Gasteiger partial charge on any atom is 0.323 e. The zero-order valence-corrected chi connectivity index (χ0v) is 11.4. The molecular formula is C13H25NO4. The van der Waals surface area contributed by atoms with Gasteiger partial charge in [-0.3, -0.25) is 9.69 Å². The molecule has 18 heavy (non-hydrogen) atoms. The lowest BCUT2D eigenvalue weighted by molar-refractivity contribution is -0.151. The molecule has 0 aromatic carbocycles. The Hall–Kier alpha value is -0.650. The van der Waals surface area contributed by atoms with E-state index in [0.29, 0.717) is 13.2 Å². The molecule has 1 aliphatic heterocycles. The lowest BCUT2D eigenvalue weighted by Crippen LogP contribution is -2.47. The van der Waals surface area contributed by atoms with E-state index >= 15 is 0 Å². The fraction of sp³-hybridized carbons (Fsp3) is 0.923. The van der Waals surface area contributed by atoms with Gasteiger partial charge < -0.3 is 14.6 Å². The van der Waals surface area contributed by atoms with Crippen LogP contribution in [0.1, 0.15) is 33.1 Å². The van der Waals surface area contributed by atoms with Crippen LogP contribution < -0.4 is 0 Å². The van der Waals surface area contributed by atoms with Crippen LogP contribution in [0, 0.1) is 0 Å². The standard InChI is InChI=1S/C13H25NO4/c1-3-12(13(16)17-4-2)14-7-5-11(6-8-14)18-10-9-15/h11-12,15H,3-10H2,1-2H3. The minimum absolute atomic E-state index is 0.0701. The second-order valence-corrected chi connectivity index (χ2v) is 4.51. The number of likely N-dealkylation sites (tertiary alicyclic amines) is 1. The van der Waals surface area contributed by atoms with Crippen molar-refractivity contribution in [3.8, 4) is 0 Å². The van der Waals surface area contributed by atoms with Gasteiger partial charge in [-0.2, -0.15) is 0 Å². The van der Waals surface area contributed by atoms with E-state index in [1.54, 1.807) is 0 Å². The molecule has 1 heterocycles. The van der Waals surface area contributed by atoms with E-state index in [1.807, 2.05) is 13.8 Å². The van der Waals surface area contributed by atoms with Crippen LogP contribution in [0.5, 0.6) is 0 Å². The molecule has 0 aromatic heterocycles. The van der Waals surface area contributed by atoms with Crippen molar-refractivity contribution in [2.24, 2.45) is 0 Å². The van der Waals surface area contributed by atoms with Gasteiger partial charge in [0, 0.05) is 13.1 Å². The highest BCUT2D eigenvalue weighted by molar-refractivity contribution is 5.75. The van der Waals surface area contributed by atoms with Crippen LogP contribution >= 0.6 is 0 Å². The van der Waals surface area contributed by atoms with Crippen LogP contribution in [-0.4, -0.2) is 61.0 Å². The third-order valence-corrected chi connectivity index (χ3v) is 3.31. The van der Waals surface area contributed by atoms with E-state index in [0.717, 1.165) is 32.4 Å². The van der Waals surface area contributed by atoms with Gasteiger partial charge in [-0.15, -0.1) is 0 Å². The number of rotatable bonds is 7. The van der Waals surface area contributed by atoms with E-state index < -0.39 is 0 Å². The third-order valence-electron chi connectivity index (χ3n) is 3.31. The topological polar surface area (TPSA) is 59.0 Å². The number of carbonyl (C=O) groups excluding carboxylic acids is 1. The summed E-state index contributed by atoms with van der Waals surface area (Å²) in [5, 5.41) is 8.71. The highest BCUT2D eigenvalue weighted by Gasteiger charge is 2.29. The van der Waals surface area contributed by atoms with Gasteiger partial charge in [-0.25, -0.2) is 0 Å². The molecule has 0 bridgehead atoms. The number of aliphatic hydroxyl groups excluding tert-OH is 1. The number of esters is 1. The summed E-state index contributed by atoms with van der Waals surface area (Å²) in [4.78, 5) is 14.0. The molecule has 5 heteroatoms. The Bertz CT molecular complexity index is 239. The predicted molar refractivity (Wildman–Crippen MR) is 68.3 cm³/mol. The normalized spacial score (nSPS) is 19.7. The molecule has 0 radical (unpaired) electrons. The molecule has 1 saturated heterocycles. The molecule has 1 aliphatic rings. The van der Waals surface area contributed by atoms with Crippen molar-refractivity contribution < 1.29 is 19.4 Å². The number of carbonyl (C=O) groups is 1. The van der Waals surface area contributed by atoms with Crippen LogP contribution in [0.25, 0.3) is 0 Å². The molecule has 0 spiro atoms. The predicted octanol–water partition coefficient (Wildman–Crippen LogP) is 0.801. The Morgan fingerprint density at radius 3 is 2.56 bits per heavy atom. The fourth-order valence-corrected chi connectivity index (χ4v) is 2.39. The fourth-order valence-electron chi connectivity index (χ4n) is 2.39. The van der Waals surface area contributed by atoms with Gasteiger partial charge in [0.05, 0.1) is 25.9 Å². The van der Waals surface area contributed by atoms with Crippen LogP contribution in [-0.2, 0) is 14.3 Å². The van der Waals surface area contributed by atoms with Crippen molar-refractivity contribution in [2.75, 3.05) is 32.9 Å². The first-order chi connectivity index (χ1) is 8.72. The summed E-state index contributed by atoms with van der Waals surface area (Å²) in [5.41, 5.74) is 0. The number of nitrogens with zero attached hydrogens (tertiary/aromatic N) is 1. The summed E-state index contributed by atoms with van der Waals surface area (Å²) in [5.74, 6) is -0.116. The zero-order valence-electron chi connectivity index (χ0n) is 11.4. The monoisotopic (exact) mass is 259 g/mol. The zero-order chi connectivity index (χ0) is 13.4. The van der Waals surface area contributed by atoms with Crippen molar-refractivity contribution in [3.05, 3.63) is 0 Å². The number of aliphatic hydroxyl groups is 1. The summed E-state index contributed by atoms with van der Waals surface area (Å²) in [7, 11) is 0. The number of hydrogen-bond donors (Lipinski definition) is 1. The van der Waals surface area contributed by atoms with E-state index in [4.69, 9.17) is 14.6 Å². The van der Waals surface area contributed by atoms with Crippen molar-refractivity contribution in [2.45, 2.75) is 45.3 Å². The lowest BCUT2D eigenvalue weighted by Gasteiger charge is -2.35. The Morgan fingerprint density at radius 1 is 1.39 bits per heavy atom. The van der Waals surface area contributed by atoms with Gasteiger partial charge in [0.15, 0.2) is 0 Å². The maximum absolute atomic E-state index is 11.8. The van der Waals surface area contributed by atoms with Gasteiger partial charge in [0.1, 0.15) is 6.04 Å². The van der Waals surface area contributed by atoms with Crippen molar-refractivity contribution in [1.29, 1.82) is 0 Å². The maximum atomic E-state index is 11.8. The summed E-state index contributed by atoms with van der Waals surface area (Å²) >= 11 is 0. The summed E-state index contributed by atoms with van der Waals surface area (Å²) in [6, 6.07) is -0.122. The van der Waals surface area contributed by atoms with Crippen LogP contribution in [0.15, 0.2) is 0 Å². The first-order valence-electron chi connectivity index (χ1n) is 6.86. The molecule has 1 unspecified atom stereocenters. The molecule has 1 fully saturated rings. The van der Waals surface area contributed by atoms with Crippen molar-refractivity contribution in [3.63, 3.8) is 0 Å². The van der Waals surface area contributed by atoms with Gasteiger partial charge >= 0.3 is 5.97 Å². The van der Waals surface area contributed by atoms with Gasteiger partial charge in [0.25, 0.3) is 0 Å². The van der Waals surface area contributed by atoms with E-state index in [-0.39, 0.29) is 24.7 Å². The van der Waals surface area contributed by atoms with E-state index in [9.17, 15) is 4.79 Å². The first kappa shape index (κ1) is 15.4. The third kappa shape index (κ3) is 4.55. The Labute approximate surface area is 109 Å². The molecule has 106 valence electrons. The smallest absolute Gasteiger partial charge is 0.323 e. The molecule has 0 aromatic rings. The van der Waals surface area contributed by atoms with Gasteiger partial charge in [-0.1, -0.05) is 6.92 Å². The minimum Gasteiger partial charge on any atom is -0.465 e. The van der Waals surface area contributed by atoms with Crippen molar-refractivity contribution in [1.82, 2.24) is 4.90 Å². The largest absolute Gasteiger partial charge is 0.465 e. The second kappa shape index (κ2) is 8.45. The lowest BCUT2D eigenvalue weighted by atomic mass is 10.0. The quantitative estimate of drug-likeness (QED) is 0.685. The second-order valence-electron chi connectivity index (χ2n) is 4.51. The number of ether oxygens (including phenoxy) is 2. The van der Waals surface area contributed by atoms with E-state index in [1.165, 1.54) is 0 Å². The molecule has 5 nitrogen and oxygen atoms in total. The molecule has 0 amide bonds. The average Bonchev–Trinajstić information content (AvgIpc) is 2.39. The van der Waals surface area contributed by atoms with Gasteiger partial charge in [0.2, 0.25) is 0 Å². The molecule has 1 N–H and O–H groups in total. The SMILES string of the molecule is CCOC(=O)C(CC)N1CCC(OCCO)CC1. The number of piperidine rings is 1. The number of hydrogen-bond acceptors (Lipinski definition) is 5. The Kier molecular flexibility index (Phi) is 7.23. The minimum atomic E-state index is -0.122. The van der Waals surface area contributed by atoms with Crippen molar-refractivity contribution >= 4 is 5.97 Å². The average molecular weight is 259 g/mol. The molecule has 1 atom stereocenters. The molecule has 1 rings (SSSR count). The van der Waals surface area contributed by atoms with Crippen LogP contribution in [0.2, 0.25) is 0 Å². The van der Waals surface area contributed by atoms with Crippen LogP contribution in [0.3, 0.4) is 0 Å². The Morgan fingerprint density at radius 2 is 2.06 bits per heavy atom. The molecule has 0 aliphatic carbocycles. The highest BCUT2D eigenvalue weighted by Crippen LogP contribution is 2.18. The first-order valence-corrected chi connectivity index (χ1v) is 6.86. The Balaban J connectivity index is 2.37.